The number of hydrogen-bond donors (Lipinski definition) is 1. The van der Waals surface area contributed by atoms with Crippen molar-refractivity contribution in [2.75, 3.05) is 25.4 Å². The van der Waals surface area contributed by atoms with Crippen molar-refractivity contribution in [2.45, 2.75) is 30.8 Å². The Hall–Kier alpha value is -1.42. The third-order valence-corrected chi connectivity index (χ3v) is 5.68. The molecule has 1 aliphatic rings. The standard InChI is InChI=1S/C15H21N3O2S/c1-12-10-17-11-13(2)18(12)7-8-21(19,20)15-5-3-14(9-16)4-6-15/h3-6,12-13,17H,7-8,10-11H2,1-2H3. The summed E-state index contributed by atoms with van der Waals surface area (Å²) in [5, 5.41) is 12.1. The Labute approximate surface area is 126 Å². The summed E-state index contributed by atoms with van der Waals surface area (Å²) in [6.45, 7) is 6.53. The van der Waals surface area contributed by atoms with Crippen molar-refractivity contribution in [3.05, 3.63) is 29.8 Å². The molecule has 0 spiro atoms. The summed E-state index contributed by atoms with van der Waals surface area (Å²) >= 11 is 0. The van der Waals surface area contributed by atoms with Crippen LogP contribution in [0.3, 0.4) is 0 Å². The molecule has 21 heavy (non-hydrogen) atoms. The lowest BCUT2D eigenvalue weighted by Gasteiger charge is -2.39. The molecule has 2 rings (SSSR count). The maximum absolute atomic E-state index is 12.4. The van der Waals surface area contributed by atoms with Crippen molar-refractivity contribution in [2.24, 2.45) is 0 Å². The van der Waals surface area contributed by atoms with Crippen molar-refractivity contribution in [3.63, 3.8) is 0 Å². The van der Waals surface area contributed by atoms with Gasteiger partial charge >= 0.3 is 0 Å². The molecule has 1 fully saturated rings. The van der Waals surface area contributed by atoms with Crippen LogP contribution in [0.15, 0.2) is 29.2 Å². The fourth-order valence-electron chi connectivity index (χ4n) is 2.69. The molecule has 2 unspecified atom stereocenters. The molecular weight excluding hydrogens is 286 g/mol. The average Bonchev–Trinajstić information content (AvgIpc) is 2.47. The van der Waals surface area contributed by atoms with E-state index >= 15 is 0 Å². The minimum absolute atomic E-state index is 0.105. The Bertz CT molecular complexity index is 609. The predicted molar refractivity (Wildman–Crippen MR) is 81.7 cm³/mol. The Balaban J connectivity index is 2.05. The highest BCUT2D eigenvalue weighted by molar-refractivity contribution is 7.91. The van der Waals surface area contributed by atoms with E-state index in [1.807, 2.05) is 6.07 Å². The van der Waals surface area contributed by atoms with Crippen LogP contribution < -0.4 is 5.32 Å². The Kier molecular flexibility index (Phi) is 4.99. The highest BCUT2D eigenvalue weighted by Crippen LogP contribution is 2.15. The first kappa shape index (κ1) is 16.0. The summed E-state index contributed by atoms with van der Waals surface area (Å²) in [4.78, 5) is 2.52. The van der Waals surface area contributed by atoms with E-state index in [1.54, 1.807) is 12.1 Å². The van der Waals surface area contributed by atoms with E-state index < -0.39 is 9.84 Å². The molecule has 0 aromatic heterocycles. The number of nitrogens with zero attached hydrogens (tertiary/aromatic N) is 2. The molecule has 2 atom stereocenters. The molecule has 1 saturated heterocycles. The minimum atomic E-state index is -3.30. The summed E-state index contributed by atoms with van der Waals surface area (Å²) in [5.74, 6) is 0.105. The van der Waals surface area contributed by atoms with Crippen LogP contribution in [0.1, 0.15) is 19.4 Å². The van der Waals surface area contributed by atoms with Crippen LogP contribution in [-0.2, 0) is 9.84 Å². The zero-order valence-corrected chi connectivity index (χ0v) is 13.2. The molecule has 1 N–H and O–H groups in total. The Morgan fingerprint density at radius 2 is 1.81 bits per heavy atom. The van der Waals surface area contributed by atoms with Gasteiger partial charge in [-0.1, -0.05) is 0 Å². The summed E-state index contributed by atoms with van der Waals surface area (Å²) in [5.41, 5.74) is 0.471. The molecule has 1 heterocycles. The topological polar surface area (TPSA) is 73.2 Å². The fourth-order valence-corrected chi connectivity index (χ4v) is 3.93. The lowest BCUT2D eigenvalue weighted by Crippen LogP contribution is -2.56. The van der Waals surface area contributed by atoms with Crippen molar-refractivity contribution < 1.29 is 8.42 Å². The van der Waals surface area contributed by atoms with Gasteiger partial charge in [0.05, 0.1) is 22.3 Å². The lowest BCUT2D eigenvalue weighted by molar-refractivity contribution is 0.125. The first-order valence-corrected chi connectivity index (χ1v) is 8.78. The molecule has 1 aliphatic heterocycles. The molecule has 1 aromatic rings. The van der Waals surface area contributed by atoms with E-state index in [-0.39, 0.29) is 10.6 Å². The number of nitriles is 1. The van der Waals surface area contributed by atoms with Gasteiger partial charge in [0.25, 0.3) is 0 Å². The Morgan fingerprint density at radius 1 is 1.24 bits per heavy atom. The largest absolute Gasteiger partial charge is 0.314 e. The van der Waals surface area contributed by atoms with Gasteiger partial charge in [0, 0.05) is 31.7 Å². The maximum Gasteiger partial charge on any atom is 0.179 e. The molecular formula is C15H21N3O2S. The van der Waals surface area contributed by atoms with Gasteiger partial charge in [0.2, 0.25) is 0 Å². The summed E-state index contributed by atoms with van der Waals surface area (Å²) in [6, 6.07) is 8.78. The first-order valence-electron chi connectivity index (χ1n) is 7.13. The van der Waals surface area contributed by atoms with E-state index in [4.69, 9.17) is 5.26 Å². The highest BCUT2D eigenvalue weighted by Gasteiger charge is 2.26. The van der Waals surface area contributed by atoms with Crippen LogP contribution in [0.2, 0.25) is 0 Å². The lowest BCUT2D eigenvalue weighted by atomic mass is 10.1. The quantitative estimate of drug-likeness (QED) is 0.899. The second-order valence-corrected chi connectivity index (χ2v) is 7.66. The number of nitrogens with one attached hydrogen (secondary N) is 1. The third kappa shape index (κ3) is 3.82. The van der Waals surface area contributed by atoms with Crippen LogP contribution in [0, 0.1) is 11.3 Å². The predicted octanol–water partition coefficient (Wildman–Crippen LogP) is 1.01. The summed E-state index contributed by atoms with van der Waals surface area (Å²) in [6.07, 6.45) is 0. The molecule has 0 saturated carbocycles. The van der Waals surface area contributed by atoms with Crippen LogP contribution in [0.25, 0.3) is 0 Å². The van der Waals surface area contributed by atoms with E-state index in [2.05, 4.69) is 24.1 Å². The number of sulfone groups is 1. The van der Waals surface area contributed by atoms with Gasteiger partial charge in [-0.3, -0.25) is 4.90 Å². The van der Waals surface area contributed by atoms with Crippen molar-refractivity contribution in [1.29, 1.82) is 5.26 Å². The number of rotatable bonds is 4. The highest BCUT2D eigenvalue weighted by atomic mass is 32.2. The van der Waals surface area contributed by atoms with Crippen molar-refractivity contribution in [1.82, 2.24) is 10.2 Å². The van der Waals surface area contributed by atoms with Gasteiger partial charge in [-0.25, -0.2) is 8.42 Å². The van der Waals surface area contributed by atoms with Gasteiger partial charge in [-0.05, 0) is 38.1 Å². The maximum atomic E-state index is 12.4. The second-order valence-electron chi connectivity index (χ2n) is 5.55. The number of benzene rings is 1. The van der Waals surface area contributed by atoms with E-state index in [0.29, 0.717) is 24.2 Å². The number of piperazine rings is 1. The smallest absolute Gasteiger partial charge is 0.179 e. The Morgan fingerprint density at radius 3 is 2.33 bits per heavy atom. The number of hydrogen-bond acceptors (Lipinski definition) is 5. The monoisotopic (exact) mass is 307 g/mol. The zero-order valence-electron chi connectivity index (χ0n) is 12.4. The minimum Gasteiger partial charge on any atom is -0.314 e. The van der Waals surface area contributed by atoms with E-state index in [9.17, 15) is 8.42 Å². The van der Waals surface area contributed by atoms with Crippen LogP contribution in [0.4, 0.5) is 0 Å². The summed E-state index contributed by atoms with van der Waals surface area (Å²) < 4.78 is 24.7. The van der Waals surface area contributed by atoms with Gasteiger partial charge in [0.1, 0.15) is 0 Å². The van der Waals surface area contributed by atoms with Crippen LogP contribution in [-0.4, -0.2) is 50.8 Å². The second kappa shape index (κ2) is 6.56. The van der Waals surface area contributed by atoms with E-state index in [1.165, 1.54) is 12.1 Å². The normalized spacial score (nSPS) is 23.7. The molecule has 0 bridgehead atoms. The van der Waals surface area contributed by atoms with Crippen molar-refractivity contribution in [3.8, 4) is 6.07 Å². The molecule has 5 nitrogen and oxygen atoms in total. The molecule has 114 valence electrons. The fraction of sp³-hybridized carbons (Fsp3) is 0.533. The SMILES string of the molecule is CC1CNCC(C)N1CCS(=O)(=O)c1ccc(C#N)cc1. The van der Waals surface area contributed by atoms with Gasteiger partial charge in [-0.15, -0.1) is 0 Å². The third-order valence-electron chi connectivity index (χ3n) is 3.97. The van der Waals surface area contributed by atoms with Crippen LogP contribution in [0.5, 0.6) is 0 Å². The van der Waals surface area contributed by atoms with Gasteiger partial charge < -0.3 is 5.32 Å². The zero-order chi connectivity index (χ0) is 15.5. The molecule has 0 amide bonds. The average molecular weight is 307 g/mol. The molecule has 1 aromatic carbocycles. The van der Waals surface area contributed by atoms with Crippen molar-refractivity contribution >= 4 is 9.84 Å². The van der Waals surface area contributed by atoms with Gasteiger partial charge in [-0.2, -0.15) is 5.26 Å². The molecule has 6 heteroatoms. The van der Waals surface area contributed by atoms with E-state index in [0.717, 1.165) is 13.1 Å². The molecule has 0 radical (unpaired) electrons. The summed E-state index contributed by atoms with van der Waals surface area (Å²) in [7, 11) is -3.30. The molecule has 0 aliphatic carbocycles. The first-order chi connectivity index (χ1) is 9.94. The van der Waals surface area contributed by atoms with Crippen LogP contribution >= 0.6 is 0 Å². The van der Waals surface area contributed by atoms with Gasteiger partial charge in [0.15, 0.2) is 9.84 Å².